The summed E-state index contributed by atoms with van der Waals surface area (Å²) in [5.74, 6) is 0. The van der Waals surface area contributed by atoms with Crippen LogP contribution >= 0.6 is 35.9 Å². The van der Waals surface area contributed by atoms with Crippen LogP contribution in [0.15, 0.2) is 31.9 Å². The Balaban J connectivity index is 0.00000210. The number of hydrogen-bond donors (Lipinski definition) is 3. The third kappa shape index (κ3) is 4.13. The van der Waals surface area contributed by atoms with Gasteiger partial charge in [0.1, 0.15) is 0 Å². The van der Waals surface area contributed by atoms with Gasteiger partial charge >= 0.3 is 163 Å². The molecule has 1 saturated heterocycles. The van der Waals surface area contributed by atoms with Crippen molar-refractivity contribution in [1.29, 1.82) is 0 Å². The van der Waals surface area contributed by atoms with Crippen molar-refractivity contribution in [3.05, 3.63) is 37.5 Å². The van der Waals surface area contributed by atoms with E-state index in [1.165, 1.54) is 10.5 Å². The van der Waals surface area contributed by atoms with Crippen LogP contribution in [0.4, 0.5) is 0 Å². The number of rotatable bonds is 3. The fraction of sp³-hybridized carbons (Fsp3) is 0.312. The Hall–Kier alpha value is -0.471. The maximum atomic E-state index is 12.1. The van der Waals surface area contributed by atoms with Gasteiger partial charge in [-0.15, -0.1) is 12.4 Å². The first-order valence-electron chi connectivity index (χ1n) is 8.01. The summed E-state index contributed by atoms with van der Waals surface area (Å²) in [5, 5.41) is 4.27. The monoisotopic (exact) mass is 542 g/mol. The second-order valence-electron chi connectivity index (χ2n) is 6.19. The second-order valence-corrected chi connectivity index (χ2v) is 10.9. The summed E-state index contributed by atoms with van der Waals surface area (Å²) < 4.78 is 20.1. The molecule has 1 aliphatic heterocycles. The molecule has 27 heavy (non-hydrogen) atoms. The molecule has 0 bridgehead atoms. The first kappa shape index (κ1) is 21.2. The van der Waals surface area contributed by atoms with Crippen molar-refractivity contribution in [3.63, 3.8) is 0 Å². The number of halogens is 2. The van der Waals surface area contributed by atoms with Gasteiger partial charge in [0.05, 0.1) is 0 Å². The number of piperazine rings is 1. The number of fused-ring (bicyclic) bond motifs is 3. The van der Waals surface area contributed by atoms with Crippen LogP contribution in [0.3, 0.4) is 0 Å². The summed E-state index contributed by atoms with van der Waals surface area (Å²) in [4.78, 5) is 33.1. The average molecular weight is 543 g/mol. The molecule has 0 amide bonds. The molecule has 0 saturated carbocycles. The van der Waals surface area contributed by atoms with Crippen LogP contribution in [0.25, 0.3) is 20.6 Å². The summed E-state index contributed by atoms with van der Waals surface area (Å²) in [6, 6.07) is 4.90. The van der Waals surface area contributed by atoms with Crippen LogP contribution in [0, 0.1) is 0 Å². The Morgan fingerprint density at radius 2 is 2.00 bits per heavy atom. The van der Waals surface area contributed by atoms with E-state index >= 15 is 0 Å². The first-order valence-corrected chi connectivity index (χ1v) is 12.1. The van der Waals surface area contributed by atoms with Crippen LogP contribution in [0.2, 0.25) is 0 Å². The summed E-state index contributed by atoms with van der Waals surface area (Å²) in [5.41, 5.74) is -0.543. The van der Waals surface area contributed by atoms with E-state index in [-0.39, 0.29) is 26.9 Å². The molecule has 146 valence electrons. The molecule has 0 spiro atoms. The third-order valence-electron chi connectivity index (χ3n) is 4.44. The summed E-state index contributed by atoms with van der Waals surface area (Å²) in [6.45, 7) is 4.82. The molecule has 3 N–H and O–H groups in total. The van der Waals surface area contributed by atoms with Crippen LogP contribution in [-0.2, 0) is 11.1 Å². The van der Waals surface area contributed by atoms with Crippen LogP contribution < -0.4 is 16.2 Å². The number of benzene rings is 1. The van der Waals surface area contributed by atoms with E-state index in [4.69, 9.17) is 4.42 Å². The van der Waals surface area contributed by atoms with Crippen molar-refractivity contribution in [2.24, 2.45) is 0 Å². The van der Waals surface area contributed by atoms with E-state index in [0.29, 0.717) is 11.0 Å². The van der Waals surface area contributed by atoms with E-state index in [2.05, 4.69) is 26.1 Å². The summed E-state index contributed by atoms with van der Waals surface area (Å²) >= 11 is 3.67. The SMILES string of the molecule is Cl.O=c1oc2c(ccc3c(Br)c(CN4CCNCC4)[se]c32)cc1P(=O)(O)O. The number of nitrogens with one attached hydrogen (secondary N) is 1. The molecule has 0 atom stereocenters. The molecule has 3 aromatic rings. The predicted molar refractivity (Wildman–Crippen MR) is 112 cm³/mol. The molecule has 0 aliphatic carbocycles. The molecule has 1 aromatic carbocycles. The van der Waals surface area contributed by atoms with Gasteiger partial charge in [0.25, 0.3) is 0 Å². The second kappa shape index (κ2) is 8.11. The van der Waals surface area contributed by atoms with Crippen LogP contribution in [-0.4, -0.2) is 55.4 Å². The zero-order chi connectivity index (χ0) is 18.5. The fourth-order valence-electron chi connectivity index (χ4n) is 3.12. The van der Waals surface area contributed by atoms with Gasteiger partial charge in [-0.25, -0.2) is 0 Å². The molecule has 3 heterocycles. The van der Waals surface area contributed by atoms with Gasteiger partial charge in [0.15, 0.2) is 0 Å². The molecular formula is C16H17BrClN2O5PSe. The summed E-state index contributed by atoms with van der Waals surface area (Å²) in [7, 11) is -4.66. The Labute approximate surface area is 175 Å². The molecule has 11 heteroatoms. The van der Waals surface area contributed by atoms with E-state index in [0.717, 1.165) is 46.8 Å². The maximum absolute atomic E-state index is 12.1. The van der Waals surface area contributed by atoms with Gasteiger partial charge in [-0.2, -0.15) is 0 Å². The molecule has 1 aliphatic rings. The van der Waals surface area contributed by atoms with E-state index in [9.17, 15) is 19.1 Å². The quantitative estimate of drug-likeness (QED) is 0.261. The molecule has 0 radical (unpaired) electrons. The van der Waals surface area contributed by atoms with Gasteiger partial charge < -0.3 is 0 Å². The molecular weight excluding hydrogens is 525 g/mol. The van der Waals surface area contributed by atoms with Crippen molar-refractivity contribution in [1.82, 2.24) is 10.2 Å². The normalized spacial score (nSPS) is 16.0. The van der Waals surface area contributed by atoms with Crippen LogP contribution in [0.5, 0.6) is 0 Å². The zero-order valence-electron chi connectivity index (χ0n) is 14.0. The standard InChI is InChI=1S/C16H16BrN2O5PSe.ClH/c17-13-10-2-1-9-7-11(25(21,22)23)16(20)24-14(9)15(10)26-12(13)8-19-5-3-18-4-6-19;/h1-2,7,18H,3-6,8H2,(H2,21,22,23);1H. The van der Waals surface area contributed by atoms with Crippen molar-refractivity contribution in [2.45, 2.75) is 6.54 Å². The Morgan fingerprint density at radius 1 is 1.30 bits per heavy atom. The van der Waals surface area contributed by atoms with Crippen molar-refractivity contribution in [2.75, 3.05) is 26.2 Å². The molecule has 1 fully saturated rings. The third-order valence-corrected chi connectivity index (χ3v) is 9.37. The van der Waals surface area contributed by atoms with Gasteiger partial charge in [-0.1, -0.05) is 0 Å². The van der Waals surface area contributed by atoms with Crippen molar-refractivity contribution >= 4 is 76.4 Å². The summed E-state index contributed by atoms with van der Waals surface area (Å²) in [6.07, 6.45) is 0. The van der Waals surface area contributed by atoms with Gasteiger partial charge in [-0.05, 0) is 0 Å². The average Bonchev–Trinajstić information content (AvgIpc) is 2.91. The zero-order valence-corrected chi connectivity index (χ0v) is 19.0. The first-order chi connectivity index (χ1) is 12.3. The predicted octanol–water partition coefficient (Wildman–Crippen LogP) is 1.40. The minimum atomic E-state index is -4.66. The van der Waals surface area contributed by atoms with E-state index < -0.39 is 18.5 Å². The fourth-order valence-corrected chi connectivity index (χ4v) is 7.45. The number of nitrogens with zero attached hydrogens (tertiary/aromatic N) is 1. The molecule has 0 unspecified atom stereocenters. The van der Waals surface area contributed by atoms with Gasteiger partial charge in [0.2, 0.25) is 0 Å². The molecule has 2 aromatic heterocycles. The van der Waals surface area contributed by atoms with E-state index in [1.54, 1.807) is 6.07 Å². The van der Waals surface area contributed by atoms with Crippen molar-refractivity contribution in [3.8, 4) is 0 Å². The minimum absolute atomic E-state index is 0. The van der Waals surface area contributed by atoms with E-state index in [1.807, 2.05) is 6.07 Å². The molecule has 7 nitrogen and oxygen atoms in total. The Morgan fingerprint density at radius 3 is 2.67 bits per heavy atom. The topological polar surface area (TPSA) is 103 Å². The van der Waals surface area contributed by atoms with Crippen molar-refractivity contribution < 1.29 is 18.8 Å². The Bertz CT molecular complexity index is 1110. The Kier molecular flexibility index (Phi) is 6.38. The van der Waals surface area contributed by atoms with Crippen LogP contribution in [0.1, 0.15) is 4.44 Å². The number of hydrogen-bond acceptors (Lipinski definition) is 5. The molecule has 4 rings (SSSR count). The van der Waals surface area contributed by atoms with Gasteiger partial charge in [-0.3, -0.25) is 0 Å². The van der Waals surface area contributed by atoms with Gasteiger partial charge in [0, 0.05) is 0 Å².